The van der Waals surface area contributed by atoms with Gasteiger partial charge in [0.05, 0.1) is 6.42 Å². The summed E-state index contributed by atoms with van der Waals surface area (Å²) in [6, 6.07) is 7.86. The Morgan fingerprint density at radius 2 is 1.82 bits per heavy atom. The Morgan fingerprint density at radius 3 is 2.59 bits per heavy atom. The maximum absolute atomic E-state index is 12.5. The summed E-state index contributed by atoms with van der Waals surface area (Å²) >= 11 is 0. The lowest BCUT2D eigenvalue weighted by Gasteiger charge is -2.60. The third kappa shape index (κ3) is 3.67. The lowest BCUT2D eigenvalue weighted by atomic mass is 9.58. The van der Waals surface area contributed by atoms with E-state index in [9.17, 15) is 4.79 Å². The predicted octanol–water partition coefficient (Wildman–Crippen LogP) is 4.44. The van der Waals surface area contributed by atoms with Gasteiger partial charge < -0.3 is 19.1 Å². The molecule has 7 heteroatoms. The van der Waals surface area contributed by atoms with Crippen molar-refractivity contribution in [1.82, 2.24) is 4.90 Å². The van der Waals surface area contributed by atoms with Crippen molar-refractivity contribution in [1.29, 1.82) is 0 Å². The van der Waals surface area contributed by atoms with Crippen LogP contribution < -0.4 is 4.74 Å². The van der Waals surface area contributed by atoms with E-state index in [1.807, 2.05) is 36.1 Å². The molecule has 5 heterocycles. The highest BCUT2D eigenvalue weighted by Crippen LogP contribution is 2.60. The summed E-state index contributed by atoms with van der Waals surface area (Å²) in [4.78, 5) is 26.5. The van der Waals surface area contributed by atoms with E-state index in [1.54, 1.807) is 0 Å². The zero-order valence-electron chi connectivity index (χ0n) is 20.5. The molecule has 0 radical (unpaired) electrons. The van der Waals surface area contributed by atoms with Gasteiger partial charge in [-0.2, -0.15) is 0 Å². The number of hydrogen-bond donors (Lipinski definition) is 0. The predicted molar refractivity (Wildman–Crippen MR) is 123 cm³/mol. The summed E-state index contributed by atoms with van der Waals surface area (Å²) in [5.74, 6) is 1.40. The number of fused-ring (bicyclic) bond motifs is 2. The van der Waals surface area contributed by atoms with E-state index in [0.29, 0.717) is 18.3 Å². The molecule has 1 saturated carbocycles. The largest absolute Gasteiger partial charge is 0.465 e. The molecule has 6 aliphatic rings. The first-order valence-corrected chi connectivity index (χ1v) is 13.1. The van der Waals surface area contributed by atoms with Crippen molar-refractivity contribution < 1.29 is 28.8 Å². The molecule has 2 bridgehead atoms. The van der Waals surface area contributed by atoms with Gasteiger partial charge in [-0.15, -0.1) is 0 Å². The Hall–Kier alpha value is -1.67. The van der Waals surface area contributed by atoms with Gasteiger partial charge in [0.1, 0.15) is 5.75 Å². The molecule has 0 aromatic heterocycles. The number of amides is 1. The van der Waals surface area contributed by atoms with Crippen molar-refractivity contribution >= 4 is 5.91 Å². The van der Waals surface area contributed by atoms with Crippen molar-refractivity contribution in [2.45, 2.75) is 89.7 Å². The van der Waals surface area contributed by atoms with E-state index >= 15 is 0 Å². The van der Waals surface area contributed by atoms with Crippen LogP contribution in [0.3, 0.4) is 0 Å². The lowest BCUT2D eigenvalue weighted by Crippen LogP contribution is -2.70. The lowest BCUT2D eigenvalue weighted by molar-refractivity contribution is -0.575. The van der Waals surface area contributed by atoms with Gasteiger partial charge in [0.2, 0.25) is 18.0 Å². The minimum absolute atomic E-state index is 0.123. The van der Waals surface area contributed by atoms with Gasteiger partial charge in [0, 0.05) is 31.3 Å². The average Bonchev–Trinajstić information content (AvgIpc) is 3.27. The quantitative estimate of drug-likeness (QED) is 0.605. The Morgan fingerprint density at radius 1 is 1.06 bits per heavy atom. The summed E-state index contributed by atoms with van der Waals surface area (Å²) in [7, 11) is 0. The molecule has 1 spiro atoms. The highest BCUT2D eigenvalue weighted by Gasteiger charge is 2.69. The Bertz CT molecular complexity index is 916. The average molecular weight is 472 g/mol. The fourth-order valence-electron chi connectivity index (χ4n) is 7.08. The molecule has 6 fully saturated rings. The van der Waals surface area contributed by atoms with Crippen LogP contribution in [-0.2, 0) is 30.5 Å². The fourth-order valence-corrected chi connectivity index (χ4v) is 7.08. The number of carbonyl (C=O) groups excluding carboxylic acids is 1. The zero-order chi connectivity index (χ0) is 23.5. The molecule has 1 aromatic rings. The molecule has 0 unspecified atom stereocenters. The van der Waals surface area contributed by atoms with Crippen LogP contribution in [0, 0.1) is 23.7 Å². The van der Waals surface area contributed by atoms with Crippen LogP contribution >= 0.6 is 0 Å². The maximum Gasteiger partial charge on any atom is 0.226 e. The third-order valence-electron chi connectivity index (χ3n) is 9.09. The number of rotatable bonds is 4. The van der Waals surface area contributed by atoms with Gasteiger partial charge in [-0.25, -0.2) is 9.78 Å². The maximum atomic E-state index is 12.5. The SMILES string of the molecule is C[C@H]1[C@@H](Oc2ccc(CC(=O)N3CCCC3)cc2)O[C@@H]2O[C@]3(C)CC[C@@H]4[C@H](C)CC[C@@H]1[C@@]24OO3. The van der Waals surface area contributed by atoms with E-state index < -0.39 is 24.0 Å². The highest BCUT2D eigenvalue weighted by molar-refractivity contribution is 5.79. The number of ether oxygens (including phenoxy) is 3. The van der Waals surface area contributed by atoms with E-state index in [4.69, 9.17) is 24.0 Å². The normalized spacial score (nSPS) is 43.3. The van der Waals surface area contributed by atoms with Crippen molar-refractivity contribution in [3.8, 4) is 5.75 Å². The van der Waals surface area contributed by atoms with Gasteiger partial charge in [0.25, 0.3) is 0 Å². The standard InChI is InChI=1S/C27H37NO6/c1-17-6-11-22-18(2)24(31-25-27(22)21(17)12-13-26(3,32-25)33-34-27)30-20-9-7-19(8-10-20)16-23(29)28-14-4-5-15-28/h7-10,17-18,21-22,24-25H,4-6,11-16H2,1-3H3/t17-,18-,21-,22+,24+,25-,26+,27-/m1/s1. The van der Waals surface area contributed by atoms with Gasteiger partial charge in [-0.05, 0) is 68.6 Å². The number of likely N-dealkylation sites (tertiary alicyclic amines) is 1. The summed E-state index contributed by atoms with van der Waals surface area (Å²) in [6.07, 6.45) is 5.75. The smallest absolute Gasteiger partial charge is 0.226 e. The van der Waals surface area contributed by atoms with Gasteiger partial charge in [0.15, 0.2) is 11.9 Å². The molecule has 0 N–H and O–H groups in total. The van der Waals surface area contributed by atoms with Crippen LogP contribution in [0.15, 0.2) is 24.3 Å². The molecule has 1 aliphatic carbocycles. The molecule has 5 saturated heterocycles. The highest BCUT2D eigenvalue weighted by atomic mass is 17.3. The van der Waals surface area contributed by atoms with Crippen LogP contribution in [0.4, 0.5) is 0 Å². The first-order chi connectivity index (χ1) is 16.4. The molecule has 34 heavy (non-hydrogen) atoms. The minimum Gasteiger partial charge on any atom is -0.465 e. The number of nitrogens with zero attached hydrogens (tertiary/aromatic N) is 1. The number of benzene rings is 1. The Labute approximate surface area is 201 Å². The summed E-state index contributed by atoms with van der Waals surface area (Å²) in [5.41, 5.74) is 0.431. The molecule has 5 aliphatic heterocycles. The number of hydrogen-bond acceptors (Lipinski definition) is 6. The second-order valence-corrected chi connectivity index (χ2v) is 11.3. The molecule has 1 amide bonds. The fraction of sp³-hybridized carbons (Fsp3) is 0.741. The van der Waals surface area contributed by atoms with Crippen molar-refractivity contribution in [2.75, 3.05) is 13.1 Å². The topological polar surface area (TPSA) is 66.5 Å². The minimum atomic E-state index is -0.786. The van der Waals surface area contributed by atoms with Gasteiger partial charge >= 0.3 is 0 Å². The van der Waals surface area contributed by atoms with Crippen molar-refractivity contribution in [2.24, 2.45) is 23.7 Å². The van der Waals surface area contributed by atoms with Crippen LogP contribution in [0.5, 0.6) is 5.75 Å². The summed E-state index contributed by atoms with van der Waals surface area (Å²) in [6.45, 7) is 8.22. The van der Waals surface area contributed by atoms with E-state index in [2.05, 4.69) is 13.8 Å². The Balaban J connectivity index is 1.18. The first kappa shape index (κ1) is 22.8. The molecular formula is C27H37NO6. The van der Waals surface area contributed by atoms with E-state index in [-0.39, 0.29) is 17.7 Å². The van der Waals surface area contributed by atoms with Crippen LogP contribution in [0.25, 0.3) is 0 Å². The molecule has 1 aromatic carbocycles. The molecule has 7 rings (SSSR count). The van der Waals surface area contributed by atoms with Crippen LogP contribution in [0.2, 0.25) is 0 Å². The number of carbonyl (C=O) groups is 1. The first-order valence-electron chi connectivity index (χ1n) is 13.1. The van der Waals surface area contributed by atoms with Gasteiger partial charge in [-0.3, -0.25) is 4.79 Å². The molecule has 8 atom stereocenters. The van der Waals surface area contributed by atoms with Crippen molar-refractivity contribution in [3.05, 3.63) is 29.8 Å². The monoisotopic (exact) mass is 471 g/mol. The molecular weight excluding hydrogens is 434 g/mol. The van der Waals surface area contributed by atoms with Crippen molar-refractivity contribution in [3.63, 3.8) is 0 Å². The second-order valence-electron chi connectivity index (χ2n) is 11.3. The van der Waals surface area contributed by atoms with Gasteiger partial charge in [-0.1, -0.05) is 26.0 Å². The zero-order valence-corrected chi connectivity index (χ0v) is 20.5. The third-order valence-corrected chi connectivity index (χ3v) is 9.09. The van der Waals surface area contributed by atoms with Crippen LogP contribution in [-0.4, -0.2) is 47.9 Å². The van der Waals surface area contributed by atoms with E-state index in [1.165, 1.54) is 6.42 Å². The second kappa shape index (κ2) is 8.47. The molecule has 186 valence electrons. The Kier molecular flexibility index (Phi) is 5.67. The van der Waals surface area contributed by atoms with E-state index in [0.717, 1.165) is 56.5 Å². The van der Waals surface area contributed by atoms with Crippen LogP contribution in [0.1, 0.15) is 64.9 Å². The molecule has 7 nitrogen and oxygen atoms in total. The summed E-state index contributed by atoms with van der Waals surface area (Å²) in [5, 5.41) is 0. The summed E-state index contributed by atoms with van der Waals surface area (Å²) < 4.78 is 19.3.